The number of aliphatic hydroxyl groups is 1. The van der Waals surface area contributed by atoms with Crippen molar-refractivity contribution >= 4 is 47.8 Å². The van der Waals surface area contributed by atoms with Crippen LogP contribution in [-0.4, -0.2) is 239 Å². The van der Waals surface area contributed by atoms with Crippen molar-refractivity contribution in [1.29, 1.82) is 0 Å². The van der Waals surface area contributed by atoms with Gasteiger partial charge >= 0.3 is 47.8 Å². The predicted molar refractivity (Wildman–Crippen MR) is 225 cm³/mol. The Kier molecular flexibility index (Phi) is 22.8. The van der Waals surface area contributed by atoms with Crippen LogP contribution in [0.4, 0.5) is 0 Å². The minimum Gasteiger partial charge on any atom is -0.467 e. The van der Waals surface area contributed by atoms with Crippen LogP contribution in [0.2, 0.25) is 0 Å². The van der Waals surface area contributed by atoms with E-state index in [9.17, 15) is 43.5 Å². The van der Waals surface area contributed by atoms with Gasteiger partial charge in [-0.3, -0.25) is 28.8 Å². The second-order valence-electron chi connectivity index (χ2n) is 16.2. The van der Waals surface area contributed by atoms with Crippen LogP contribution in [0.5, 0.6) is 0 Å². The number of esters is 8. The zero-order valence-corrected chi connectivity index (χ0v) is 41.8. The van der Waals surface area contributed by atoms with Gasteiger partial charge in [0.2, 0.25) is 0 Å². The fourth-order valence-electron chi connectivity index (χ4n) is 8.46. The molecular formula is C43H64O29. The summed E-state index contributed by atoms with van der Waals surface area (Å²) >= 11 is 0. The summed E-state index contributed by atoms with van der Waals surface area (Å²) in [5, 5.41) is 11.0. The lowest BCUT2D eigenvalue weighted by Gasteiger charge is -2.51. The fraction of sp³-hybridized carbons (Fsp3) is 0.814. The van der Waals surface area contributed by atoms with Crippen molar-refractivity contribution in [2.45, 2.75) is 164 Å². The second-order valence-corrected chi connectivity index (χ2v) is 16.2. The van der Waals surface area contributed by atoms with Gasteiger partial charge < -0.3 is 99.8 Å². The third-order valence-electron chi connectivity index (χ3n) is 11.4. The first-order chi connectivity index (χ1) is 34.1. The first kappa shape index (κ1) is 59.8. The Morgan fingerprint density at radius 3 is 1.10 bits per heavy atom. The van der Waals surface area contributed by atoms with Gasteiger partial charge in [-0.25, -0.2) is 9.59 Å². The van der Waals surface area contributed by atoms with Crippen molar-refractivity contribution in [3.63, 3.8) is 0 Å². The number of hydrogen-bond donors (Lipinski definition) is 1. The van der Waals surface area contributed by atoms with Crippen molar-refractivity contribution < 1.29 is 138 Å². The number of aliphatic hydroxyl groups excluding tert-OH is 1. The largest absolute Gasteiger partial charge is 0.467 e. The van der Waals surface area contributed by atoms with Crippen LogP contribution in [0.3, 0.4) is 0 Å². The van der Waals surface area contributed by atoms with Gasteiger partial charge in [-0.2, -0.15) is 0 Å². The molecule has 4 aliphatic heterocycles. The van der Waals surface area contributed by atoms with E-state index in [0.29, 0.717) is 0 Å². The Balaban J connectivity index is 1.83. The summed E-state index contributed by atoms with van der Waals surface area (Å²) in [6.45, 7) is 5.07. The smallest absolute Gasteiger partial charge is 0.337 e. The number of carbonyl (C=O) groups excluding carboxylic acids is 8. The summed E-state index contributed by atoms with van der Waals surface area (Å²) < 4.78 is 115. The SMILES string of the molecule is COC(=O)C1O[C@@H](O[C@H]2C(OC(C)=O)C(OC(C)=O)[C@@H](O[C@H]3C(OC)C(OC)[C@@H](O[C@H]4C(COC(C)=O)O[C@@H](OC)C(OC(C)=O)[C@H]4OC(C)=O)O[C@H]3C(=O)OC)O[C@@H]2COC(C)=O)C(OC)[C@@H](OC)[C@H]1O. The summed E-state index contributed by atoms with van der Waals surface area (Å²) in [7, 11) is 8.04. The molecule has 29 heteroatoms. The topological polar surface area (TPSA) is 341 Å². The van der Waals surface area contributed by atoms with E-state index < -0.39 is 184 Å². The lowest BCUT2D eigenvalue weighted by molar-refractivity contribution is -0.386. The van der Waals surface area contributed by atoms with E-state index >= 15 is 0 Å². The van der Waals surface area contributed by atoms with Crippen molar-refractivity contribution in [3.05, 3.63) is 0 Å². The van der Waals surface area contributed by atoms with Crippen molar-refractivity contribution in [3.8, 4) is 0 Å². The third-order valence-corrected chi connectivity index (χ3v) is 11.4. The van der Waals surface area contributed by atoms with E-state index in [4.69, 9.17) is 94.7 Å². The minimum absolute atomic E-state index is 0.548. The number of ether oxygens (including phenoxy) is 20. The number of carbonyl (C=O) groups is 8. The van der Waals surface area contributed by atoms with Crippen LogP contribution in [0, 0.1) is 0 Å². The molecule has 0 radical (unpaired) electrons. The Morgan fingerprint density at radius 1 is 0.361 bits per heavy atom. The zero-order chi connectivity index (χ0) is 53.7. The van der Waals surface area contributed by atoms with Crippen LogP contribution in [0.25, 0.3) is 0 Å². The molecule has 72 heavy (non-hydrogen) atoms. The Morgan fingerprint density at radius 2 is 0.708 bits per heavy atom. The van der Waals surface area contributed by atoms with E-state index in [2.05, 4.69) is 0 Å². The van der Waals surface area contributed by atoms with Gasteiger partial charge in [0.25, 0.3) is 0 Å². The molecule has 4 rings (SSSR count). The number of rotatable bonds is 21. The van der Waals surface area contributed by atoms with E-state index in [1.54, 1.807) is 0 Å². The van der Waals surface area contributed by atoms with Crippen LogP contribution in [0.15, 0.2) is 0 Å². The molecule has 0 spiro atoms. The average molecular weight is 1040 g/mol. The maximum absolute atomic E-state index is 13.9. The molecule has 20 atom stereocenters. The molecule has 29 nitrogen and oxygen atoms in total. The highest BCUT2D eigenvalue weighted by Gasteiger charge is 2.61. The Bertz CT molecular complexity index is 1860. The third kappa shape index (κ3) is 14.7. The van der Waals surface area contributed by atoms with Gasteiger partial charge in [0.15, 0.2) is 61.8 Å². The van der Waals surface area contributed by atoms with Gasteiger partial charge in [-0.05, 0) is 0 Å². The highest BCUT2D eigenvalue weighted by Crippen LogP contribution is 2.39. The van der Waals surface area contributed by atoms with Gasteiger partial charge in [-0.15, -0.1) is 0 Å². The monoisotopic (exact) mass is 1040 g/mol. The molecule has 4 aliphatic rings. The predicted octanol–water partition coefficient (Wildman–Crippen LogP) is -2.69. The maximum atomic E-state index is 13.9. The molecule has 4 heterocycles. The van der Waals surface area contributed by atoms with Crippen LogP contribution in [0.1, 0.15) is 41.5 Å². The molecule has 0 aromatic rings. The average Bonchev–Trinajstić information content (AvgIpc) is 3.32. The Hall–Kier alpha value is -4.76. The lowest BCUT2D eigenvalue weighted by Crippen LogP contribution is -2.69. The summed E-state index contributed by atoms with van der Waals surface area (Å²) in [5.41, 5.74) is 0. The fourth-order valence-corrected chi connectivity index (χ4v) is 8.46. The molecule has 410 valence electrons. The maximum Gasteiger partial charge on any atom is 0.337 e. The number of hydrogen-bond acceptors (Lipinski definition) is 29. The van der Waals surface area contributed by atoms with Gasteiger partial charge in [-0.1, -0.05) is 0 Å². The summed E-state index contributed by atoms with van der Waals surface area (Å²) in [6, 6.07) is 0. The summed E-state index contributed by atoms with van der Waals surface area (Å²) in [4.78, 5) is 102. The van der Waals surface area contributed by atoms with E-state index in [1.807, 2.05) is 0 Å². The van der Waals surface area contributed by atoms with Gasteiger partial charge in [0.1, 0.15) is 74.3 Å². The van der Waals surface area contributed by atoms with E-state index in [0.717, 1.165) is 55.8 Å². The lowest BCUT2D eigenvalue weighted by atomic mass is 9.94. The van der Waals surface area contributed by atoms with E-state index in [1.165, 1.54) is 35.5 Å². The standard InChI is InChI=1S/C43H64O29/c1-16(44)60-14-22-25(30(62-18(3)46)36(64-20(5)48)40(59-13)66-22)69-42-35(56-10)29(54-8)32(33(72-42)39(52)58-12)71-43-37(65-21(6)49)31(63-19(4)47)26(23(67-43)15-61-17(2)45)68-41-34(55-9)27(53-7)24(50)28(70-41)38(51)57-11/h22-37,40-43,50H,14-15H2,1-13H3/t22?,23-,24-,25+,26-,27+,28?,29?,30+,31?,32+,33-,34?,35?,36?,37?,40-,41-,42+,43-/m1/s1. The van der Waals surface area contributed by atoms with Crippen molar-refractivity contribution in [2.75, 3.05) is 63.0 Å². The summed E-state index contributed by atoms with van der Waals surface area (Å²) in [6.07, 6.45) is -32.4. The molecular weight excluding hydrogens is 980 g/mol. The molecule has 8 unspecified atom stereocenters. The normalized spacial score (nSPS) is 36.7. The molecule has 0 bridgehead atoms. The molecule has 1 N–H and O–H groups in total. The molecule has 0 saturated carbocycles. The summed E-state index contributed by atoms with van der Waals surface area (Å²) in [5.74, 6) is -7.47. The first-order valence-corrected chi connectivity index (χ1v) is 22.1. The number of methoxy groups -OCH3 is 7. The van der Waals surface area contributed by atoms with E-state index in [-0.39, 0.29) is 0 Å². The molecule has 4 saturated heterocycles. The molecule has 4 fully saturated rings. The molecule has 0 amide bonds. The second kappa shape index (κ2) is 27.5. The molecule has 0 aromatic carbocycles. The zero-order valence-electron chi connectivity index (χ0n) is 41.8. The van der Waals surface area contributed by atoms with Crippen molar-refractivity contribution in [1.82, 2.24) is 0 Å². The molecule has 0 aliphatic carbocycles. The van der Waals surface area contributed by atoms with Crippen molar-refractivity contribution in [2.24, 2.45) is 0 Å². The highest BCUT2D eigenvalue weighted by atomic mass is 16.8. The van der Waals surface area contributed by atoms with Crippen LogP contribution >= 0.6 is 0 Å². The van der Waals surface area contributed by atoms with Gasteiger partial charge in [0.05, 0.1) is 14.2 Å². The van der Waals surface area contributed by atoms with Crippen LogP contribution < -0.4 is 0 Å². The quantitative estimate of drug-likeness (QED) is 0.0903. The van der Waals surface area contributed by atoms with Gasteiger partial charge in [0, 0.05) is 77.1 Å². The highest BCUT2D eigenvalue weighted by molar-refractivity contribution is 5.76. The molecule has 0 aromatic heterocycles. The van der Waals surface area contributed by atoms with Crippen LogP contribution in [-0.2, 0) is 133 Å². The minimum atomic E-state index is -1.95. The Labute approximate surface area is 412 Å². The first-order valence-electron chi connectivity index (χ1n) is 22.1.